The van der Waals surface area contributed by atoms with Crippen molar-refractivity contribution in [2.45, 2.75) is 19.3 Å². The van der Waals surface area contributed by atoms with E-state index in [1.165, 1.54) is 31.3 Å². The SMILES string of the molecule is NC(=O)C(CNc1cc(N2CCCC2)ncn1)Cc1ccc(F)cc1. The lowest BCUT2D eigenvalue weighted by atomic mass is 9.98. The molecular formula is C18H22FN5O. The smallest absolute Gasteiger partial charge is 0.222 e. The molecule has 1 atom stereocenters. The molecule has 1 unspecified atom stereocenters. The van der Waals surface area contributed by atoms with Crippen molar-refractivity contribution in [2.24, 2.45) is 11.7 Å². The second-order valence-corrected chi connectivity index (χ2v) is 6.27. The van der Waals surface area contributed by atoms with Crippen LogP contribution < -0.4 is 16.0 Å². The zero-order valence-electron chi connectivity index (χ0n) is 14.0. The molecule has 1 saturated heterocycles. The summed E-state index contributed by atoms with van der Waals surface area (Å²) in [6.07, 6.45) is 4.32. The van der Waals surface area contributed by atoms with Crippen LogP contribution in [0.25, 0.3) is 0 Å². The third-order valence-corrected chi connectivity index (χ3v) is 4.41. The predicted octanol–water partition coefficient (Wildman–Crippen LogP) is 1.97. The Morgan fingerprint density at radius 3 is 2.64 bits per heavy atom. The Morgan fingerprint density at radius 1 is 1.24 bits per heavy atom. The Balaban J connectivity index is 1.62. The first-order valence-corrected chi connectivity index (χ1v) is 8.46. The summed E-state index contributed by atoms with van der Waals surface area (Å²) in [4.78, 5) is 22.5. The van der Waals surface area contributed by atoms with Gasteiger partial charge in [0, 0.05) is 25.7 Å². The number of carbonyl (C=O) groups is 1. The molecule has 0 saturated carbocycles. The normalized spacial score (nSPS) is 15.2. The number of hydrogen-bond acceptors (Lipinski definition) is 5. The molecule has 1 aromatic carbocycles. The minimum Gasteiger partial charge on any atom is -0.369 e. The molecule has 1 aliphatic rings. The first kappa shape index (κ1) is 17.1. The Hall–Kier alpha value is -2.70. The first-order valence-electron chi connectivity index (χ1n) is 8.46. The molecule has 3 rings (SSSR count). The van der Waals surface area contributed by atoms with E-state index in [0.29, 0.717) is 18.8 Å². The van der Waals surface area contributed by atoms with Gasteiger partial charge in [0.15, 0.2) is 0 Å². The number of benzene rings is 1. The zero-order valence-corrected chi connectivity index (χ0v) is 14.0. The molecule has 132 valence electrons. The summed E-state index contributed by atoms with van der Waals surface area (Å²) in [6.45, 7) is 2.37. The molecule has 3 N–H and O–H groups in total. The van der Waals surface area contributed by atoms with Crippen LogP contribution in [0.15, 0.2) is 36.7 Å². The standard InChI is InChI=1S/C18H22FN5O/c19-15-5-3-13(4-6-15)9-14(18(20)25)11-21-16-10-17(23-12-22-16)24-7-1-2-8-24/h3-6,10,12,14H,1-2,7-9,11H2,(H2,20,25)(H,21,22,23). The number of primary amides is 1. The highest BCUT2D eigenvalue weighted by atomic mass is 19.1. The van der Waals surface area contributed by atoms with E-state index in [1.807, 2.05) is 6.07 Å². The van der Waals surface area contributed by atoms with Crippen molar-refractivity contribution < 1.29 is 9.18 Å². The topological polar surface area (TPSA) is 84.1 Å². The number of rotatable bonds is 7. The molecule has 1 amide bonds. The van der Waals surface area contributed by atoms with Gasteiger partial charge in [0.05, 0.1) is 5.92 Å². The van der Waals surface area contributed by atoms with E-state index in [4.69, 9.17) is 5.73 Å². The molecular weight excluding hydrogens is 321 g/mol. The Kier molecular flexibility index (Phi) is 5.42. The molecule has 6 nitrogen and oxygen atoms in total. The molecule has 0 spiro atoms. The Morgan fingerprint density at radius 2 is 1.96 bits per heavy atom. The molecule has 25 heavy (non-hydrogen) atoms. The molecule has 1 aromatic heterocycles. The summed E-state index contributed by atoms with van der Waals surface area (Å²) in [5, 5.41) is 3.17. The summed E-state index contributed by atoms with van der Waals surface area (Å²) in [6, 6.07) is 7.99. The van der Waals surface area contributed by atoms with Crippen LogP contribution in [0, 0.1) is 11.7 Å². The van der Waals surface area contributed by atoms with Gasteiger partial charge in [0.1, 0.15) is 23.8 Å². The summed E-state index contributed by atoms with van der Waals surface area (Å²) in [7, 11) is 0. The highest BCUT2D eigenvalue weighted by Crippen LogP contribution is 2.19. The molecule has 0 radical (unpaired) electrons. The van der Waals surface area contributed by atoms with Gasteiger partial charge in [-0.2, -0.15) is 0 Å². The van der Waals surface area contributed by atoms with Gasteiger partial charge < -0.3 is 16.0 Å². The molecule has 2 aromatic rings. The van der Waals surface area contributed by atoms with Gasteiger partial charge in [-0.15, -0.1) is 0 Å². The van der Waals surface area contributed by atoms with Crippen molar-refractivity contribution in [3.8, 4) is 0 Å². The Labute approximate surface area is 146 Å². The second kappa shape index (κ2) is 7.92. The highest BCUT2D eigenvalue weighted by molar-refractivity contribution is 5.77. The maximum atomic E-state index is 13.0. The fourth-order valence-electron chi connectivity index (χ4n) is 2.97. The highest BCUT2D eigenvalue weighted by Gasteiger charge is 2.17. The summed E-state index contributed by atoms with van der Waals surface area (Å²) < 4.78 is 13.0. The predicted molar refractivity (Wildman–Crippen MR) is 94.8 cm³/mol. The van der Waals surface area contributed by atoms with Gasteiger partial charge in [-0.25, -0.2) is 14.4 Å². The van der Waals surface area contributed by atoms with Crippen molar-refractivity contribution in [1.82, 2.24) is 9.97 Å². The molecule has 1 aliphatic heterocycles. The van der Waals surface area contributed by atoms with E-state index < -0.39 is 11.8 Å². The fraction of sp³-hybridized carbons (Fsp3) is 0.389. The maximum Gasteiger partial charge on any atom is 0.222 e. The fourth-order valence-corrected chi connectivity index (χ4v) is 2.97. The van der Waals surface area contributed by atoms with E-state index in [0.717, 1.165) is 24.5 Å². The summed E-state index contributed by atoms with van der Waals surface area (Å²) in [5.74, 6) is 0.459. The number of nitrogens with zero attached hydrogens (tertiary/aromatic N) is 3. The average molecular weight is 343 g/mol. The minimum absolute atomic E-state index is 0.298. The lowest BCUT2D eigenvalue weighted by Crippen LogP contribution is -2.31. The van der Waals surface area contributed by atoms with Crippen molar-refractivity contribution in [3.05, 3.63) is 48.0 Å². The molecule has 0 bridgehead atoms. The molecule has 7 heteroatoms. The number of amides is 1. The van der Waals surface area contributed by atoms with Crippen LogP contribution in [0.4, 0.5) is 16.0 Å². The van der Waals surface area contributed by atoms with E-state index >= 15 is 0 Å². The van der Waals surface area contributed by atoms with Crippen molar-refractivity contribution in [1.29, 1.82) is 0 Å². The number of halogens is 1. The van der Waals surface area contributed by atoms with Gasteiger partial charge in [-0.1, -0.05) is 12.1 Å². The lowest BCUT2D eigenvalue weighted by Gasteiger charge is -2.18. The van der Waals surface area contributed by atoms with Crippen molar-refractivity contribution >= 4 is 17.5 Å². The maximum absolute atomic E-state index is 13.0. The van der Waals surface area contributed by atoms with E-state index in [-0.39, 0.29) is 5.82 Å². The number of anilines is 2. The quantitative estimate of drug-likeness (QED) is 0.803. The lowest BCUT2D eigenvalue weighted by molar-refractivity contribution is -0.121. The summed E-state index contributed by atoms with van der Waals surface area (Å²) in [5.41, 5.74) is 6.38. The van der Waals surface area contributed by atoms with Gasteiger partial charge in [0.25, 0.3) is 0 Å². The first-order chi connectivity index (χ1) is 12.1. The largest absolute Gasteiger partial charge is 0.369 e. The third kappa shape index (κ3) is 4.65. The third-order valence-electron chi connectivity index (χ3n) is 4.41. The molecule has 0 aliphatic carbocycles. The van der Waals surface area contributed by atoms with E-state index in [1.54, 1.807) is 12.1 Å². The van der Waals surface area contributed by atoms with Crippen LogP contribution in [-0.2, 0) is 11.2 Å². The monoisotopic (exact) mass is 343 g/mol. The van der Waals surface area contributed by atoms with Crippen LogP contribution >= 0.6 is 0 Å². The second-order valence-electron chi connectivity index (χ2n) is 6.27. The van der Waals surface area contributed by atoms with Gasteiger partial charge in [0.2, 0.25) is 5.91 Å². The van der Waals surface area contributed by atoms with Gasteiger partial charge in [-0.05, 0) is 37.0 Å². The van der Waals surface area contributed by atoms with Gasteiger partial charge >= 0.3 is 0 Å². The summed E-state index contributed by atoms with van der Waals surface area (Å²) >= 11 is 0. The molecule has 1 fully saturated rings. The van der Waals surface area contributed by atoms with Crippen LogP contribution in [0.1, 0.15) is 18.4 Å². The number of carbonyl (C=O) groups excluding carboxylic acids is 1. The van der Waals surface area contributed by atoms with Crippen molar-refractivity contribution in [3.63, 3.8) is 0 Å². The molecule has 2 heterocycles. The number of nitrogens with one attached hydrogen (secondary N) is 1. The van der Waals surface area contributed by atoms with Crippen LogP contribution in [0.2, 0.25) is 0 Å². The minimum atomic E-state index is -0.407. The van der Waals surface area contributed by atoms with E-state index in [2.05, 4.69) is 20.2 Å². The average Bonchev–Trinajstić information content (AvgIpc) is 3.15. The number of aromatic nitrogens is 2. The van der Waals surface area contributed by atoms with Crippen molar-refractivity contribution in [2.75, 3.05) is 29.9 Å². The van der Waals surface area contributed by atoms with Crippen LogP contribution in [0.3, 0.4) is 0 Å². The van der Waals surface area contributed by atoms with E-state index in [9.17, 15) is 9.18 Å². The van der Waals surface area contributed by atoms with Crippen LogP contribution in [0.5, 0.6) is 0 Å². The van der Waals surface area contributed by atoms with Gasteiger partial charge in [-0.3, -0.25) is 4.79 Å². The zero-order chi connectivity index (χ0) is 17.6. The Bertz CT molecular complexity index is 716. The number of hydrogen-bond donors (Lipinski definition) is 2. The number of nitrogens with two attached hydrogens (primary N) is 1. The van der Waals surface area contributed by atoms with Crippen LogP contribution in [-0.4, -0.2) is 35.5 Å².